The first-order valence-corrected chi connectivity index (χ1v) is 9.93. The van der Waals surface area contributed by atoms with Crippen molar-refractivity contribution in [1.29, 1.82) is 0 Å². The molecule has 1 saturated heterocycles. The zero-order valence-corrected chi connectivity index (χ0v) is 16.0. The van der Waals surface area contributed by atoms with Gasteiger partial charge >= 0.3 is 0 Å². The predicted molar refractivity (Wildman–Crippen MR) is 108 cm³/mol. The third-order valence-electron chi connectivity index (χ3n) is 5.21. The Morgan fingerprint density at radius 2 is 1.97 bits per heavy atom. The molecule has 0 atom stereocenters. The third-order valence-corrected chi connectivity index (χ3v) is 5.21. The molecular formula is C20H22N8O. The van der Waals surface area contributed by atoms with Gasteiger partial charge in [-0.15, -0.1) is 15.3 Å². The predicted octanol–water partition coefficient (Wildman–Crippen LogP) is 1.85. The van der Waals surface area contributed by atoms with Crippen LogP contribution in [0.4, 0.5) is 5.82 Å². The number of H-pyrrole nitrogens is 1. The second-order valence-electron chi connectivity index (χ2n) is 7.25. The van der Waals surface area contributed by atoms with Gasteiger partial charge in [0.05, 0.1) is 17.6 Å². The summed E-state index contributed by atoms with van der Waals surface area (Å²) in [5.74, 6) is 2.30. The number of hydrogen-bond acceptors (Lipinski definition) is 6. The lowest BCUT2D eigenvalue weighted by Crippen LogP contribution is -2.25. The first kappa shape index (κ1) is 17.6. The van der Waals surface area contributed by atoms with E-state index < -0.39 is 0 Å². The van der Waals surface area contributed by atoms with Crippen LogP contribution in [-0.2, 0) is 17.8 Å². The monoisotopic (exact) mass is 390 g/mol. The number of aromatic nitrogens is 6. The average Bonchev–Trinajstić information content (AvgIpc) is 3.49. The highest BCUT2D eigenvalue weighted by Gasteiger charge is 2.16. The van der Waals surface area contributed by atoms with Crippen molar-refractivity contribution in [3.63, 3.8) is 0 Å². The molecule has 0 bridgehead atoms. The van der Waals surface area contributed by atoms with Gasteiger partial charge in [0.1, 0.15) is 11.6 Å². The second kappa shape index (κ2) is 7.50. The van der Waals surface area contributed by atoms with Crippen molar-refractivity contribution in [2.45, 2.75) is 32.2 Å². The highest BCUT2D eigenvalue weighted by molar-refractivity contribution is 5.77. The molecule has 3 aromatic heterocycles. The van der Waals surface area contributed by atoms with Crippen molar-refractivity contribution < 1.29 is 4.79 Å². The second-order valence-corrected chi connectivity index (χ2v) is 7.25. The molecule has 0 radical (unpaired) electrons. The van der Waals surface area contributed by atoms with Crippen LogP contribution in [0.15, 0.2) is 36.4 Å². The van der Waals surface area contributed by atoms with Crippen molar-refractivity contribution in [3.8, 4) is 0 Å². The average molecular weight is 390 g/mol. The number of carbonyl (C=O) groups excluding carboxylic acids is 1. The fraction of sp³-hybridized carbons (Fsp3) is 0.350. The smallest absolute Gasteiger partial charge is 0.220 e. The molecule has 1 aliphatic heterocycles. The van der Waals surface area contributed by atoms with Gasteiger partial charge in [-0.25, -0.2) is 4.98 Å². The molecule has 0 aliphatic carbocycles. The number of anilines is 1. The lowest BCUT2D eigenvalue weighted by atomic mass is 10.3. The molecule has 148 valence electrons. The van der Waals surface area contributed by atoms with Gasteiger partial charge in [0.2, 0.25) is 5.91 Å². The van der Waals surface area contributed by atoms with E-state index >= 15 is 0 Å². The highest BCUT2D eigenvalue weighted by atomic mass is 16.1. The van der Waals surface area contributed by atoms with Gasteiger partial charge < -0.3 is 15.2 Å². The van der Waals surface area contributed by atoms with E-state index in [-0.39, 0.29) is 12.5 Å². The number of aromatic amines is 1. The van der Waals surface area contributed by atoms with E-state index in [0.29, 0.717) is 24.3 Å². The van der Waals surface area contributed by atoms with E-state index in [2.05, 4.69) is 35.5 Å². The molecule has 4 heterocycles. The SMILES string of the molecule is O=C(CCc1nc2ccccc2[nH]1)NCc1nnc2ccc(N3CCCC3)nn12. The largest absolute Gasteiger partial charge is 0.355 e. The number of fused-ring (bicyclic) bond motifs is 2. The molecule has 0 saturated carbocycles. The number of imidazole rings is 1. The molecule has 0 spiro atoms. The number of nitrogens with zero attached hydrogens (tertiary/aromatic N) is 6. The standard InChI is InChI=1S/C20H22N8O/c29-20(10-7-16-22-14-5-1-2-6-15(14)23-16)21-13-19-25-24-17-8-9-18(26-28(17)19)27-11-3-4-12-27/h1-2,5-6,8-9H,3-4,7,10-13H2,(H,21,29)(H,22,23). The summed E-state index contributed by atoms with van der Waals surface area (Å²) in [6.45, 7) is 2.33. The highest BCUT2D eigenvalue weighted by Crippen LogP contribution is 2.18. The number of amides is 1. The van der Waals surface area contributed by atoms with Gasteiger partial charge in [0.25, 0.3) is 0 Å². The van der Waals surface area contributed by atoms with Crippen LogP contribution in [0.25, 0.3) is 16.7 Å². The fourth-order valence-electron chi connectivity index (χ4n) is 3.67. The van der Waals surface area contributed by atoms with Crippen molar-refractivity contribution in [2.24, 2.45) is 0 Å². The Morgan fingerprint density at radius 3 is 2.83 bits per heavy atom. The summed E-state index contributed by atoms with van der Waals surface area (Å²) in [6.07, 6.45) is 3.29. The minimum atomic E-state index is -0.0575. The normalized spacial score (nSPS) is 14.1. The van der Waals surface area contributed by atoms with Gasteiger partial charge in [0.15, 0.2) is 11.5 Å². The van der Waals surface area contributed by atoms with E-state index in [1.54, 1.807) is 4.52 Å². The van der Waals surface area contributed by atoms with Crippen LogP contribution < -0.4 is 10.2 Å². The maximum Gasteiger partial charge on any atom is 0.220 e. The van der Waals surface area contributed by atoms with Crippen molar-refractivity contribution in [2.75, 3.05) is 18.0 Å². The number of benzene rings is 1. The number of para-hydroxylation sites is 2. The molecule has 9 heteroatoms. The van der Waals surface area contributed by atoms with Crippen LogP contribution in [0.5, 0.6) is 0 Å². The molecule has 1 fully saturated rings. The quantitative estimate of drug-likeness (QED) is 0.521. The number of nitrogens with one attached hydrogen (secondary N) is 2. The van der Waals surface area contributed by atoms with Gasteiger partial charge in [-0.1, -0.05) is 12.1 Å². The van der Waals surface area contributed by atoms with Crippen molar-refractivity contribution >= 4 is 28.4 Å². The zero-order chi connectivity index (χ0) is 19.6. The summed E-state index contributed by atoms with van der Waals surface area (Å²) in [5, 5.41) is 15.9. The van der Waals surface area contributed by atoms with E-state index in [4.69, 9.17) is 0 Å². The van der Waals surface area contributed by atoms with E-state index in [0.717, 1.165) is 35.8 Å². The Balaban J connectivity index is 1.21. The minimum absolute atomic E-state index is 0.0575. The number of carbonyl (C=O) groups is 1. The Kier molecular flexibility index (Phi) is 4.55. The molecule has 0 unspecified atom stereocenters. The number of rotatable bonds is 6. The summed E-state index contributed by atoms with van der Waals surface area (Å²) >= 11 is 0. The summed E-state index contributed by atoms with van der Waals surface area (Å²) in [4.78, 5) is 22.3. The Labute approximate surface area is 167 Å². The molecule has 5 rings (SSSR count). The van der Waals surface area contributed by atoms with Crippen molar-refractivity contribution in [1.82, 2.24) is 35.1 Å². The molecule has 2 N–H and O–H groups in total. The molecule has 4 aromatic rings. The first-order valence-electron chi connectivity index (χ1n) is 9.93. The molecule has 1 aromatic carbocycles. The maximum atomic E-state index is 12.3. The van der Waals surface area contributed by atoms with Crippen LogP contribution in [0.1, 0.15) is 30.9 Å². The van der Waals surface area contributed by atoms with Gasteiger partial charge in [-0.05, 0) is 37.1 Å². The van der Waals surface area contributed by atoms with Crippen LogP contribution in [0.2, 0.25) is 0 Å². The first-order chi connectivity index (χ1) is 14.3. The summed E-state index contributed by atoms with van der Waals surface area (Å²) in [5.41, 5.74) is 2.58. The van der Waals surface area contributed by atoms with Crippen LogP contribution in [0.3, 0.4) is 0 Å². The van der Waals surface area contributed by atoms with Crippen molar-refractivity contribution in [3.05, 3.63) is 48.0 Å². The lowest BCUT2D eigenvalue weighted by Gasteiger charge is -2.15. The Morgan fingerprint density at radius 1 is 1.10 bits per heavy atom. The third kappa shape index (κ3) is 3.63. The number of aryl methyl sites for hydroxylation is 1. The zero-order valence-electron chi connectivity index (χ0n) is 16.0. The Hall–Kier alpha value is -3.49. The lowest BCUT2D eigenvalue weighted by molar-refractivity contribution is -0.121. The van der Waals surface area contributed by atoms with E-state index in [1.807, 2.05) is 36.4 Å². The molecule has 1 aliphatic rings. The van der Waals surface area contributed by atoms with Gasteiger partial charge in [-0.3, -0.25) is 4.79 Å². The molecular weight excluding hydrogens is 368 g/mol. The molecule has 29 heavy (non-hydrogen) atoms. The van der Waals surface area contributed by atoms with Gasteiger partial charge in [-0.2, -0.15) is 4.52 Å². The van der Waals surface area contributed by atoms with Crippen LogP contribution in [0, 0.1) is 0 Å². The summed E-state index contributed by atoms with van der Waals surface area (Å²) in [7, 11) is 0. The molecule has 9 nitrogen and oxygen atoms in total. The van der Waals surface area contributed by atoms with E-state index in [9.17, 15) is 4.79 Å². The Bertz CT molecular complexity index is 1120. The maximum absolute atomic E-state index is 12.3. The topological polar surface area (TPSA) is 104 Å². The van der Waals surface area contributed by atoms with Gasteiger partial charge in [0, 0.05) is 25.9 Å². The van der Waals surface area contributed by atoms with E-state index in [1.165, 1.54) is 12.8 Å². The number of hydrogen-bond donors (Lipinski definition) is 2. The summed E-state index contributed by atoms with van der Waals surface area (Å²) < 4.78 is 1.72. The van der Waals surface area contributed by atoms with Crippen LogP contribution in [-0.4, -0.2) is 48.8 Å². The molecule has 1 amide bonds. The van der Waals surface area contributed by atoms with Crippen LogP contribution >= 0.6 is 0 Å². The fourth-order valence-corrected chi connectivity index (χ4v) is 3.67. The minimum Gasteiger partial charge on any atom is -0.355 e. The summed E-state index contributed by atoms with van der Waals surface area (Å²) in [6, 6.07) is 11.7.